The number of halogens is 3. The first kappa shape index (κ1) is 12.7. The van der Waals surface area contributed by atoms with Crippen molar-refractivity contribution in [3.8, 4) is 0 Å². The number of rotatable bonds is 2. The van der Waals surface area contributed by atoms with Gasteiger partial charge in [0.1, 0.15) is 0 Å². The molecule has 5 nitrogen and oxygen atoms in total. The van der Waals surface area contributed by atoms with Crippen LogP contribution in [0.2, 0.25) is 5.02 Å². The van der Waals surface area contributed by atoms with E-state index in [1.165, 1.54) is 0 Å². The van der Waals surface area contributed by atoms with Crippen molar-refractivity contribution in [2.45, 2.75) is 4.90 Å². The topological polar surface area (TPSA) is 77.3 Å². The van der Waals surface area contributed by atoms with Gasteiger partial charge in [-0.15, -0.1) is 0 Å². The highest BCUT2D eigenvalue weighted by Gasteiger charge is 2.25. The highest BCUT2D eigenvalue weighted by atomic mass is 79.9. The number of nitro benzene ring substituents is 1. The Balaban J connectivity index is 3.64. The summed E-state index contributed by atoms with van der Waals surface area (Å²) in [7, 11) is 0.833. The van der Waals surface area contributed by atoms with Crippen LogP contribution >= 0.6 is 38.2 Å². The predicted molar refractivity (Wildman–Crippen MR) is 58.8 cm³/mol. The SMILES string of the molecule is O=[N+]([O-])c1cc(Br)c(Cl)cc1S(=O)(=O)Cl. The molecule has 1 aromatic rings. The summed E-state index contributed by atoms with van der Waals surface area (Å²) in [6.07, 6.45) is 0. The maximum atomic E-state index is 11.0. The lowest BCUT2D eigenvalue weighted by Crippen LogP contribution is -1.99. The molecular weight excluding hydrogens is 333 g/mol. The van der Waals surface area contributed by atoms with Crippen molar-refractivity contribution in [3.63, 3.8) is 0 Å². The molecule has 1 aromatic carbocycles. The Morgan fingerprint density at radius 3 is 2.33 bits per heavy atom. The minimum Gasteiger partial charge on any atom is -0.258 e. The quantitative estimate of drug-likeness (QED) is 0.473. The minimum absolute atomic E-state index is 0.0276. The third-order valence-electron chi connectivity index (χ3n) is 1.46. The number of benzene rings is 1. The largest absolute Gasteiger partial charge is 0.290 e. The smallest absolute Gasteiger partial charge is 0.258 e. The van der Waals surface area contributed by atoms with E-state index in [2.05, 4.69) is 15.9 Å². The number of nitro groups is 1. The van der Waals surface area contributed by atoms with E-state index in [-0.39, 0.29) is 9.50 Å². The molecule has 0 spiro atoms. The first-order chi connectivity index (χ1) is 6.73. The van der Waals surface area contributed by atoms with Crippen molar-refractivity contribution < 1.29 is 13.3 Å². The van der Waals surface area contributed by atoms with Crippen LogP contribution in [0, 0.1) is 10.1 Å². The molecule has 0 N–H and O–H groups in total. The van der Waals surface area contributed by atoms with E-state index in [0.29, 0.717) is 0 Å². The van der Waals surface area contributed by atoms with Crippen molar-refractivity contribution >= 4 is 53.0 Å². The van der Waals surface area contributed by atoms with Gasteiger partial charge in [0.05, 0.1) is 9.95 Å². The Morgan fingerprint density at radius 2 is 1.93 bits per heavy atom. The van der Waals surface area contributed by atoms with Gasteiger partial charge < -0.3 is 0 Å². The van der Waals surface area contributed by atoms with E-state index in [1.807, 2.05) is 0 Å². The van der Waals surface area contributed by atoms with Crippen molar-refractivity contribution in [1.82, 2.24) is 0 Å². The van der Waals surface area contributed by atoms with E-state index in [4.69, 9.17) is 22.3 Å². The number of hydrogen-bond acceptors (Lipinski definition) is 4. The normalized spacial score (nSPS) is 11.4. The molecule has 0 unspecified atom stereocenters. The molecule has 9 heteroatoms. The van der Waals surface area contributed by atoms with Crippen LogP contribution in [-0.4, -0.2) is 13.3 Å². The Kier molecular flexibility index (Phi) is 3.59. The van der Waals surface area contributed by atoms with Crippen LogP contribution < -0.4 is 0 Å². The highest BCUT2D eigenvalue weighted by Crippen LogP contribution is 2.34. The monoisotopic (exact) mass is 333 g/mol. The van der Waals surface area contributed by atoms with E-state index in [9.17, 15) is 18.5 Å². The Hall–Kier alpha value is -0.370. The van der Waals surface area contributed by atoms with Gasteiger partial charge in [-0.2, -0.15) is 0 Å². The number of hydrogen-bond donors (Lipinski definition) is 0. The average molecular weight is 335 g/mol. The van der Waals surface area contributed by atoms with E-state index < -0.39 is 24.6 Å². The molecule has 0 aromatic heterocycles. The molecule has 0 saturated heterocycles. The fourth-order valence-corrected chi connectivity index (χ4v) is 2.43. The molecule has 82 valence electrons. The van der Waals surface area contributed by atoms with Crippen LogP contribution in [0.1, 0.15) is 0 Å². The molecule has 0 saturated carbocycles. The summed E-state index contributed by atoms with van der Waals surface area (Å²) in [6, 6.07) is 1.91. The first-order valence-electron chi connectivity index (χ1n) is 3.31. The molecule has 0 aliphatic heterocycles. The van der Waals surface area contributed by atoms with Crippen molar-refractivity contribution in [2.75, 3.05) is 0 Å². The summed E-state index contributed by atoms with van der Waals surface area (Å²) >= 11 is 8.54. The first-order valence-corrected chi connectivity index (χ1v) is 6.79. The number of nitrogens with zero attached hydrogens (tertiary/aromatic N) is 1. The molecule has 15 heavy (non-hydrogen) atoms. The third kappa shape index (κ3) is 2.81. The molecule has 0 fully saturated rings. The van der Waals surface area contributed by atoms with Gasteiger partial charge in [0.15, 0.2) is 4.90 Å². The van der Waals surface area contributed by atoms with Crippen molar-refractivity contribution in [3.05, 3.63) is 31.7 Å². The Bertz CT molecular complexity index is 530. The molecule has 1 rings (SSSR count). The van der Waals surface area contributed by atoms with Gasteiger partial charge in [-0.25, -0.2) is 8.42 Å². The van der Waals surface area contributed by atoms with Crippen LogP contribution in [0.5, 0.6) is 0 Å². The average Bonchev–Trinajstić information content (AvgIpc) is 2.06. The fourth-order valence-electron chi connectivity index (χ4n) is 0.856. The summed E-state index contributed by atoms with van der Waals surface area (Å²) in [5.41, 5.74) is -0.624. The van der Waals surface area contributed by atoms with Crippen LogP contribution in [0.25, 0.3) is 0 Å². The molecule has 0 bridgehead atoms. The maximum absolute atomic E-state index is 11.0. The second-order valence-electron chi connectivity index (χ2n) is 2.43. The predicted octanol–water partition coefficient (Wildman–Crippen LogP) is 2.94. The second kappa shape index (κ2) is 4.25. The maximum Gasteiger partial charge on any atom is 0.290 e. The summed E-state index contributed by atoms with van der Waals surface area (Å²) in [6.45, 7) is 0. The van der Waals surface area contributed by atoms with Crippen LogP contribution in [0.15, 0.2) is 21.5 Å². The standard InChI is InChI=1S/C6H2BrCl2NO4S/c7-3-1-5(10(11)12)6(2-4(3)8)15(9,13)14/h1-2H. The Labute approximate surface area is 103 Å². The summed E-state index contributed by atoms with van der Waals surface area (Å²) in [5.74, 6) is 0. The van der Waals surface area contributed by atoms with E-state index >= 15 is 0 Å². The van der Waals surface area contributed by atoms with Gasteiger partial charge in [0.2, 0.25) is 0 Å². The lowest BCUT2D eigenvalue weighted by Gasteiger charge is -2.01. The summed E-state index contributed by atoms with van der Waals surface area (Å²) in [4.78, 5) is 9.08. The van der Waals surface area contributed by atoms with Crippen LogP contribution in [-0.2, 0) is 9.05 Å². The van der Waals surface area contributed by atoms with Crippen molar-refractivity contribution in [2.24, 2.45) is 0 Å². The lowest BCUT2D eigenvalue weighted by atomic mass is 10.3. The van der Waals surface area contributed by atoms with E-state index in [1.54, 1.807) is 0 Å². The van der Waals surface area contributed by atoms with Gasteiger partial charge in [-0.3, -0.25) is 10.1 Å². The molecular formula is C6H2BrCl2NO4S. The molecule has 0 amide bonds. The van der Waals surface area contributed by atoms with Crippen LogP contribution in [0.3, 0.4) is 0 Å². The Morgan fingerprint density at radius 1 is 1.40 bits per heavy atom. The molecule has 0 aliphatic rings. The zero-order valence-electron chi connectivity index (χ0n) is 6.78. The third-order valence-corrected chi connectivity index (χ3v) is 4.01. The minimum atomic E-state index is -4.19. The summed E-state index contributed by atoms with van der Waals surface area (Å²) in [5, 5.41) is 10.6. The zero-order chi connectivity index (χ0) is 11.8. The zero-order valence-corrected chi connectivity index (χ0v) is 10.7. The van der Waals surface area contributed by atoms with Gasteiger partial charge in [0.25, 0.3) is 14.7 Å². The fraction of sp³-hybridized carbons (Fsp3) is 0. The van der Waals surface area contributed by atoms with Gasteiger partial charge in [-0.1, -0.05) is 11.6 Å². The van der Waals surface area contributed by atoms with Gasteiger partial charge >= 0.3 is 0 Å². The molecule has 0 heterocycles. The molecule has 0 aliphatic carbocycles. The highest BCUT2D eigenvalue weighted by molar-refractivity contribution is 9.10. The lowest BCUT2D eigenvalue weighted by molar-refractivity contribution is -0.387. The second-order valence-corrected chi connectivity index (χ2v) is 6.22. The van der Waals surface area contributed by atoms with Crippen molar-refractivity contribution in [1.29, 1.82) is 0 Å². The molecule has 0 radical (unpaired) electrons. The van der Waals surface area contributed by atoms with Gasteiger partial charge in [0, 0.05) is 21.2 Å². The van der Waals surface area contributed by atoms with E-state index in [0.717, 1.165) is 12.1 Å². The van der Waals surface area contributed by atoms with Crippen LogP contribution in [0.4, 0.5) is 5.69 Å². The molecule has 0 atom stereocenters. The summed E-state index contributed by atoms with van der Waals surface area (Å²) < 4.78 is 22.2. The van der Waals surface area contributed by atoms with Gasteiger partial charge in [-0.05, 0) is 22.0 Å².